The van der Waals surface area contributed by atoms with Gasteiger partial charge in [0.25, 0.3) is 5.92 Å². The number of ketones is 1. The van der Waals surface area contributed by atoms with E-state index >= 15 is 8.78 Å². The zero-order valence-corrected chi connectivity index (χ0v) is 35.8. The van der Waals surface area contributed by atoms with E-state index in [-0.39, 0.29) is 101 Å². The molecule has 3 atom stereocenters. The van der Waals surface area contributed by atoms with Gasteiger partial charge in [-0.2, -0.15) is 32.1 Å². The van der Waals surface area contributed by atoms with E-state index < -0.39 is 75.4 Å². The van der Waals surface area contributed by atoms with Gasteiger partial charge in [-0.1, -0.05) is 23.6 Å². The maximum absolute atomic E-state index is 15.4. The van der Waals surface area contributed by atoms with E-state index in [1.165, 1.54) is 38.1 Å². The summed E-state index contributed by atoms with van der Waals surface area (Å²) in [6.45, 7) is 2.20. The number of aromatic nitrogens is 5. The summed E-state index contributed by atoms with van der Waals surface area (Å²) < 4.78 is 127. The van der Waals surface area contributed by atoms with Gasteiger partial charge in [0.2, 0.25) is 0 Å². The Hall–Kier alpha value is -3.85. The second-order valence-electron chi connectivity index (χ2n) is 15.1. The summed E-state index contributed by atoms with van der Waals surface area (Å²) in [6.07, 6.45) is -4.19. The van der Waals surface area contributed by atoms with Crippen molar-refractivity contribution in [1.82, 2.24) is 24.5 Å². The van der Waals surface area contributed by atoms with Crippen molar-refractivity contribution in [1.29, 1.82) is 0 Å². The molecule has 2 N–H and O–H groups in total. The van der Waals surface area contributed by atoms with Crippen molar-refractivity contribution >= 4 is 43.9 Å². The number of pyridine rings is 1. The fourth-order valence-electron chi connectivity index (χ4n) is 7.58. The molecule has 2 aromatic carbocycles. The summed E-state index contributed by atoms with van der Waals surface area (Å²) in [4.78, 5) is 18.8. The molecule has 58 heavy (non-hydrogen) atoms. The van der Waals surface area contributed by atoms with E-state index in [0.717, 1.165) is 23.1 Å². The van der Waals surface area contributed by atoms with Gasteiger partial charge in [0, 0.05) is 80.0 Å². The van der Waals surface area contributed by atoms with Crippen molar-refractivity contribution in [2.24, 2.45) is 5.92 Å². The van der Waals surface area contributed by atoms with Gasteiger partial charge in [-0.05, 0) is 81.3 Å². The quantitative estimate of drug-likeness (QED) is 0.111. The average Bonchev–Trinajstić information content (AvgIpc) is 3.65. The molecule has 0 aliphatic heterocycles. The number of Topliss-reactive ketones (excluding diaryl/α,β-unsaturated/α-hetero) is 1. The minimum atomic E-state index is -4.75. The van der Waals surface area contributed by atoms with Crippen LogP contribution in [0.2, 0.25) is 5.02 Å². The maximum Gasteiger partial charge on any atom is 0.408 e. The molecule has 1 saturated carbocycles. The third-order valence-electron chi connectivity index (χ3n) is 10.5. The zero-order valence-electron chi connectivity index (χ0n) is 31.4. The summed E-state index contributed by atoms with van der Waals surface area (Å²) >= 11 is 6.44. The second kappa shape index (κ2) is 15.3. The number of anilines is 1. The third-order valence-corrected chi connectivity index (χ3v) is 12.8. The van der Waals surface area contributed by atoms with Crippen LogP contribution < -0.4 is 5.73 Å². The van der Waals surface area contributed by atoms with Gasteiger partial charge in [0.15, 0.2) is 21.4 Å². The third kappa shape index (κ3) is 8.31. The summed E-state index contributed by atoms with van der Waals surface area (Å²) in [7, 11) is -3.71. The molecule has 2 aliphatic carbocycles. The number of nitrogen functional groups attached to an aromatic ring is 1. The van der Waals surface area contributed by atoms with Crippen LogP contribution in [-0.2, 0) is 72.8 Å². The zero-order chi connectivity index (χ0) is 41.6. The van der Waals surface area contributed by atoms with Crippen LogP contribution in [0.1, 0.15) is 72.4 Å². The Labute approximate surface area is 358 Å². The summed E-state index contributed by atoms with van der Waals surface area (Å²) in [5.74, 6) is -2.94. The molecule has 0 saturated heterocycles. The second-order valence-corrected chi connectivity index (χ2v) is 18.1. The van der Waals surface area contributed by atoms with Crippen molar-refractivity contribution in [3.05, 3.63) is 93.0 Å². The van der Waals surface area contributed by atoms with Gasteiger partial charge >= 0.3 is 6.18 Å². The first-order chi connectivity index (χ1) is 26.4. The molecule has 0 spiro atoms. The van der Waals surface area contributed by atoms with Crippen molar-refractivity contribution in [2.75, 3.05) is 12.0 Å². The van der Waals surface area contributed by atoms with Crippen LogP contribution in [0.4, 0.5) is 36.6 Å². The number of sulfone groups is 1. The van der Waals surface area contributed by atoms with E-state index in [9.17, 15) is 35.2 Å². The fourth-order valence-corrected chi connectivity index (χ4v) is 8.07. The Kier molecular flexibility index (Phi) is 11.5. The Balaban J connectivity index is 0.00000567. The molecule has 0 bridgehead atoms. The maximum atomic E-state index is 15.4. The van der Waals surface area contributed by atoms with Crippen molar-refractivity contribution in [2.45, 2.75) is 81.8 Å². The van der Waals surface area contributed by atoms with Crippen LogP contribution in [0.5, 0.6) is 0 Å². The number of rotatable bonds is 10. The van der Waals surface area contributed by atoms with Crippen LogP contribution in [-0.4, -0.2) is 55.9 Å². The largest absolute Gasteiger partial charge is 0.408 e. The minimum Gasteiger partial charge on any atom is -0.382 e. The molecule has 5 aromatic rings. The van der Waals surface area contributed by atoms with E-state index in [4.69, 9.17) is 22.3 Å². The predicted molar refractivity (Wildman–Crippen MR) is 198 cm³/mol. The van der Waals surface area contributed by atoms with Gasteiger partial charge in [0.1, 0.15) is 40.9 Å². The van der Waals surface area contributed by atoms with Gasteiger partial charge in [-0.15, -0.1) is 0 Å². The molecule has 0 unspecified atom stereocenters. The molecule has 1 fully saturated rings. The number of hydrogen-bond donors (Lipinski definition) is 1. The predicted octanol–water partition coefficient (Wildman–Crippen LogP) is 8.05. The first-order valence-corrected chi connectivity index (χ1v) is 19.9. The van der Waals surface area contributed by atoms with Crippen LogP contribution in [0, 0.1) is 36.3 Å². The van der Waals surface area contributed by atoms with E-state index in [0.29, 0.717) is 28.4 Å². The molecular formula is C39H34ClF7N6O3SY. The Morgan fingerprint density at radius 2 is 1.71 bits per heavy atom. The molecule has 19 heteroatoms. The van der Waals surface area contributed by atoms with Crippen LogP contribution in [0.3, 0.4) is 0 Å². The number of nitrogens with zero attached hydrogens (tertiary/aromatic N) is 5. The molecule has 9 nitrogen and oxygen atoms in total. The smallest absolute Gasteiger partial charge is 0.382 e. The Bertz CT molecular complexity index is 2650. The van der Waals surface area contributed by atoms with Gasteiger partial charge in [-0.3, -0.25) is 14.2 Å². The fraction of sp³-hybridized carbons (Fsp3) is 0.385. The number of nitrogens with two attached hydrogens (primary N) is 1. The van der Waals surface area contributed by atoms with Crippen molar-refractivity contribution < 1.29 is 76.7 Å². The number of halogens is 8. The number of benzene rings is 2. The molecular weight excluding hydrogens is 890 g/mol. The van der Waals surface area contributed by atoms with E-state index in [2.05, 4.69) is 22.0 Å². The van der Waals surface area contributed by atoms with Crippen molar-refractivity contribution in [3.63, 3.8) is 0 Å². The van der Waals surface area contributed by atoms with Gasteiger partial charge < -0.3 is 5.73 Å². The summed E-state index contributed by atoms with van der Waals surface area (Å²) in [5.41, 5.74) is 6.68. The number of aryl methyl sites for hydroxylation is 1. The van der Waals surface area contributed by atoms with Crippen molar-refractivity contribution in [3.8, 4) is 23.0 Å². The molecule has 303 valence electrons. The van der Waals surface area contributed by atoms with E-state index in [1.807, 2.05) is 0 Å². The summed E-state index contributed by atoms with van der Waals surface area (Å²) in [6, 6.07) is 8.35. The first-order valence-electron chi connectivity index (χ1n) is 17.6. The topological polar surface area (TPSA) is 126 Å². The van der Waals surface area contributed by atoms with E-state index in [1.54, 1.807) is 6.92 Å². The van der Waals surface area contributed by atoms with Gasteiger partial charge in [-0.25, -0.2) is 22.2 Å². The number of fused-ring (bicyclic) bond motifs is 4. The number of hydrogen-bond acceptors (Lipinski definition) is 7. The number of alkyl halides is 5. The number of carbonyl (C=O) groups excluding carboxylic acids is 1. The van der Waals surface area contributed by atoms with Gasteiger partial charge in [0.05, 0.1) is 27.3 Å². The molecule has 7 rings (SSSR count). The van der Waals surface area contributed by atoms with Crippen LogP contribution in [0.15, 0.2) is 42.5 Å². The molecule has 1 radical (unpaired) electrons. The Morgan fingerprint density at radius 3 is 2.34 bits per heavy atom. The SMILES string of the molecule is Cc1nn(CC(=O)C[C@@H](Cc2cc(F)cc(F)c2)c2nc(C#CC(C)(C)S(C)(=O)=O)ccc2-c2ccc(Cl)c3c(N)nn(CC(F)(F)F)c23)c2c1[C@H]1C[C@H]1C2(F)F.[Y]. The Morgan fingerprint density at radius 1 is 1.05 bits per heavy atom. The molecule has 3 aromatic heterocycles. The number of carbonyl (C=O) groups is 1. The normalized spacial score (nSPS) is 17.6. The monoisotopic (exact) mass is 923 g/mol. The summed E-state index contributed by atoms with van der Waals surface area (Å²) in [5, 5.41) is 8.15. The first kappa shape index (κ1) is 43.7. The average molecular weight is 924 g/mol. The molecule has 2 aliphatic rings. The molecule has 3 heterocycles. The van der Waals surface area contributed by atoms with Crippen LogP contribution in [0.25, 0.3) is 22.0 Å². The standard InChI is InChI=1S/C39H34ClF7N6O3S.Y/c1-19-31-28-16-29(28)39(46,47)35(31)52(50-19)17-25(54)14-21(11-20-12-22(41)15-23(42)13-20)33-26(6-5-24(49-33)9-10-37(2,3)57(4,55)56)27-7-8-30(40)32-34(27)53(51-36(32)48)18-38(43,44)45;/h5-8,12-13,15,21,28-29H,11,14,16-18H2,1-4H3,(H2,48,51);/t21-,28+,29-;/m1./s1. The molecule has 0 amide bonds. The van der Waals surface area contributed by atoms with Crippen LogP contribution >= 0.6 is 11.6 Å². The minimum absolute atomic E-state index is 0.